The lowest BCUT2D eigenvalue weighted by molar-refractivity contribution is 0.0967. The van der Waals surface area contributed by atoms with Crippen LogP contribution in [0.1, 0.15) is 45.4 Å². The SMILES string of the molecule is CCC1(NC(=O)O[C@@H]2CCN(c3cn[nH]c(=O)c3Cl)C2)CCCC1. The van der Waals surface area contributed by atoms with Gasteiger partial charge in [0.25, 0.3) is 5.56 Å². The van der Waals surface area contributed by atoms with Crippen LogP contribution in [0.15, 0.2) is 11.0 Å². The minimum Gasteiger partial charge on any atom is -0.444 e. The van der Waals surface area contributed by atoms with E-state index in [1.807, 2.05) is 4.90 Å². The maximum Gasteiger partial charge on any atom is 0.407 e. The maximum absolute atomic E-state index is 12.2. The molecule has 7 nitrogen and oxygen atoms in total. The van der Waals surface area contributed by atoms with Crippen molar-refractivity contribution in [3.63, 3.8) is 0 Å². The van der Waals surface area contributed by atoms with Gasteiger partial charge in [-0.1, -0.05) is 31.4 Å². The molecule has 0 bridgehead atoms. The molecule has 8 heteroatoms. The number of H-pyrrole nitrogens is 1. The molecule has 24 heavy (non-hydrogen) atoms. The fourth-order valence-electron chi connectivity index (χ4n) is 3.65. The summed E-state index contributed by atoms with van der Waals surface area (Å²) in [4.78, 5) is 25.7. The summed E-state index contributed by atoms with van der Waals surface area (Å²) in [6.07, 6.45) is 6.93. The number of carbonyl (C=O) groups is 1. The Balaban J connectivity index is 1.57. The second-order valence-corrected chi connectivity index (χ2v) is 7.00. The van der Waals surface area contributed by atoms with Crippen molar-refractivity contribution in [2.75, 3.05) is 18.0 Å². The normalized spacial score (nSPS) is 22.6. The quantitative estimate of drug-likeness (QED) is 0.867. The summed E-state index contributed by atoms with van der Waals surface area (Å²) in [5.41, 5.74) is 0.0603. The van der Waals surface area contributed by atoms with Crippen LogP contribution in [0.25, 0.3) is 0 Å². The third-order valence-electron chi connectivity index (χ3n) is 5.14. The zero-order valence-corrected chi connectivity index (χ0v) is 14.6. The Morgan fingerprint density at radius 2 is 2.29 bits per heavy atom. The third-order valence-corrected chi connectivity index (χ3v) is 5.51. The minimum atomic E-state index is -0.414. The maximum atomic E-state index is 12.2. The van der Waals surface area contributed by atoms with E-state index in [9.17, 15) is 9.59 Å². The van der Waals surface area contributed by atoms with E-state index in [-0.39, 0.29) is 22.8 Å². The first-order chi connectivity index (χ1) is 11.5. The lowest BCUT2D eigenvalue weighted by atomic mass is 9.95. The summed E-state index contributed by atoms with van der Waals surface area (Å²) in [7, 11) is 0. The average Bonchev–Trinajstić information content (AvgIpc) is 3.20. The zero-order valence-electron chi connectivity index (χ0n) is 13.8. The van der Waals surface area contributed by atoms with Gasteiger partial charge in [-0.2, -0.15) is 5.10 Å². The highest BCUT2D eigenvalue weighted by atomic mass is 35.5. The van der Waals surface area contributed by atoms with Crippen LogP contribution in [0.4, 0.5) is 10.5 Å². The number of hydrogen-bond donors (Lipinski definition) is 2. The number of nitrogens with zero attached hydrogens (tertiary/aromatic N) is 2. The van der Waals surface area contributed by atoms with Gasteiger partial charge in [0.15, 0.2) is 0 Å². The molecule has 2 fully saturated rings. The monoisotopic (exact) mass is 354 g/mol. The highest BCUT2D eigenvalue weighted by Gasteiger charge is 2.35. The van der Waals surface area contributed by atoms with E-state index in [0.29, 0.717) is 25.2 Å². The molecule has 1 aromatic rings. The van der Waals surface area contributed by atoms with E-state index in [4.69, 9.17) is 16.3 Å². The number of halogens is 1. The van der Waals surface area contributed by atoms with Crippen LogP contribution >= 0.6 is 11.6 Å². The molecule has 3 rings (SSSR count). The van der Waals surface area contributed by atoms with E-state index < -0.39 is 5.56 Å². The van der Waals surface area contributed by atoms with Gasteiger partial charge in [0.05, 0.1) is 18.4 Å². The molecule has 0 radical (unpaired) electrons. The number of hydrogen-bond acceptors (Lipinski definition) is 5. The molecule has 2 heterocycles. The largest absolute Gasteiger partial charge is 0.444 e. The number of aromatic amines is 1. The molecule has 0 spiro atoms. The predicted octanol–water partition coefficient (Wildman–Crippen LogP) is 2.45. The van der Waals surface area contributed by atoms with Crippen molar-refractivity contribution in [1.82, 2.24) is 15.5 Å². The molecular formula is C16H23ClN4O3. The van der Waals surface area contributed by atoms with Crippen LogP contribution in [0.5, 0.6) is 0 Å². The van der Waals surface area contributed by atoms with Crippen LogP contribution in [0, 0.1) is 0 Å². The van der Waals surface area contributed by atoms with Crippen LogP contribution in [0.3, 0.4) is 0 Å². The standard InChI is InChI=1S/C16H23ClN4O3/c1-2-16(6-3-4-7-16)19-15(23)24-11-5-8-21(10-11)12-9-18-20-14(22)13(12)17/h9,11H,2-8,10H2,1H3,(H,19,23)(H,20,22)/t11-/m1/s1. The van der Waals surface area contributed by atoms with Gasteiger partial charge in [-0.25, -0.2) is 9.89 Å². The summed E-state index contributed by atoms with van der Waals surface area (Å²) < 4.78 is 5.58. The molecule has 132 valence electrons. The number of nitrogens with one attached hydrogen (secondary N) is 2. The summed E-state index contributed by atoms with van der Waals surface area (Å²) >= 11 is 6.03. The lowest BCUT2D eigenvalue weighted by Gasteiger charge is -2.29. The second kappa shape index (κ2) is 7.01. The molecule has 1 aliphatic carbocycles. The molecule has 2 N–H and O–H groups in total. The minimum absolute atomic E-state index is 0.102. The second-order valence-electron chi connectivity index (χ2n) is 6.63. The molecule has 0 aromatic carbocycles. The van der Waals surface area contributed by atoms with Gasteiger partial charge < -0.3 is 15.0 Å². The van der Waals surface area contributed by atoms with Gasteiger partial charge >= 0.3 is 6.09 Å². The Kier molecular flexibility index (Phi) is 4.99. The van der Waals surface area contributed by atoms with Crippen molar-refractivity contribution >= 4 is 23.4 Å². The molecule has 1 saturated carbocycles. The average molecular weight is 355 g/mol. The fourth-order valence-corrected chi connectivity index (χ4v) is 3.86. The van der Waals surface area contributed by atoms with Gasteiger partial charge in [-0.3, -0.25) is 4.79 Å². The van der Waals surface area contributed by atoms with Crippen molar-refractivity contribution in [3.8, 4) is 0 Å². The number of aromatic nitrogens is 2. The first kappa shape index (κ1) is 17.1. The first-order valence-corrected chi connectivity index (χ1v) is 8.88. The summed E-state index contributed by atoms with van der Waals surface area (Å²) in [5.74, 6) is 0. The van der Waals surface area contributed by atoms with Crippen LogP contribution in [0.2, 0.25) is 5.02 Å². The van der Waals surface area contributed by atoms with Crippen molar-refractivity contribution in [2.45, 2.75) is 57.1 Å². The number of alkyl carbamates (subject to hydrolysis) is 1. The Morgan fingerprint density at radius 3 is 3.00 bits per heavy atom. The van der Waals surface area contributed by atoms with Gasteiger partial charge in [0.1, 0.15) is 11.1 Å². The summed E-state index contributed by atoms with van der Waals surface area (Å²) in [6.45, 7) is 3.28. The van der Waals surface area contributed by atoms with Crippen molar-refractivity contribution < 1.29 is 9.53 Å². The van der Waals surface area contributed by atoms with E-state index in [2.05, 4.69) is 22.4 Å². The first-order valence-electron chi connectivity index (χ1n) is 8.50. The molecule has 1 aliphatic heterocycles. The lowest BCUT2D eigenvalue weighted by Crippen LogP contribution is -2.47. The van der Waals surface area contributed by atoms with E-state index >= 15 is 0 Å². The van der Waals surface area contributed by atoms with Gasteiger partial charge in [-0.15, -0.1) is 0 Å². The van der Waals surface area contributed by atoms with E-state index in [0.717, 1.165) is 32.1 Å². The fraction of sp³-hybridized carbons (Fsp3) is 0.688. The Bertz CT molecular complexity index is 657. The molecule has 1 saturated heterocycles. The highest BCUT2D eigenvalue weighted by molar-refractivity contribution is 6.33. The summed E-state index contributed by atoms with van der Waals surface area (Å²) in [5, 5.41) is 9.27. The van der Waals surface area contributed by atoms with Crippen molar-refractivity contribution in [1.29, 1.82) is 0 Å². The number of ether oxygens (including phenoxy) is 1. The molecule has 1 atom stereocenters. The Hall–Kier alpha value is -1.76. The third kappa shape index (κ3) is 3.50. The van der Waals surface area contributed by atoms with E-state index in [1.165, 1.54) is 6.20 Å². The molecule has 1 amide bonds. The summed E-state index contributed by atoms with van der Waals surface area (Å²) in [6, 6.07) is 0. The smallest absolute Gasteiger partial charge is 0.407 e. The van der Waals surface area contributed by atoms with Crippen LogP contribution in [-0.4, -0.2) is 41.0 Å². The molecular weight excluding hydrogens is 332 g/mol. The Labute approximate surface area is 145 Å². The number of amides is 1. The number of carbonyl (C=O) groups excluding carboxylic acids is 1. The molecule has 1 aromatic heterocycles. The highest BCUT2D eigenvalue weighted by Crippen LogP contribution is 2.32. The van der Waals surface area contributed by atoms with Gasteiger partial charge in [-0.05, 0) is 19.3 Å². The van der Waals surface area contributed by atoms with Crippen LogP contribution < -0.4 is 15.8 Å². The zero-order chi connectivity index (χ0) is 17.2. The number of anilines is 1. The van der Waals surface area contributed by atoms with Crippen molar-refractivity contribution in [3.05, 3.63) is 21.6 Å². The van der Waals surface area contributed by atoms with Gasteiger partial charge in [0, 0.05) is 18.5 Å². The predicted molar refractivity (Wildman–Crippen MR) is 91.6 cm³/mol. The van der Waals surface area contributed by atoms with Gasteiger partial charge in [0.2, 0.25) is 0 Å². The molecule has 2 aliphatic rings. The molecule has 0 unspecified atom stereocenters. The van der Waals surface area contributed by atoms with Crippen molar-refractivity contribution in [2.24, 2.45) is 0 Å². The number of rotatable bonds is 4. The van der Waals surface area contributed by atoms with E-state index in [1.54, 1.807) is 0 Å². The van der Waals surface area contributed by atoms with Crippen LogP contribution in [-0.2, 0) is 4.74 Å². The Morgan fingerprint density at radius 1 is 1.54 bits per heavy atom. The topological polar surface area (TPSA) is 87.3 Å².